The Hall–Kier alpha value is -3.32. The molecule has 1 heterocycles. The van der Waals surface area contributed by atoms with Gasteiger partial charge in [0.1, 0.15) is 11.4 Å². The molecule has 3 rings (SSSR count). The van der Waals surface area contributed by atoms with E-state index in [0.29, 0.717) is 12.2 Å². The molecule has 0 saturated carbocycles. The number of ether oxygens (including phenoxy) is 1. The minimum Gasteiger partial charge on any atom is -0.496 e. The Bertz CT molecular complexity index is 1020. The average molecular weight is 380 g/mol. The molecule has 0 aliphatic carbocycles. The predicted octanol–water partition coefficient (Wildman–Crippen LogP) is 2.22. The van der Waals surface area contributed by atoms with Gasteiger partial charge in [0.2, 0.25) is 5.91 Å². The van der Waals surface area contributed by atoms with Gasteiger partial charge in [0.25, 0.3) is 5.56 Å². The van der Waals surface area contributed by atoms with Gasteiger partial charge in [-0.2, -0.15) is 0 Å². The number of hydrogen-bond donors (Lipinski definition) is 2. The number of amides is 1. The number of rotatable bonds is 7. The third-order valence-corrected chi connectivity index (χ3v) is 4.61. The number of aromatic nitrogens is 2. The first-order valence-electron chi connectivity index (χ1n) is 8.99. The first-order chi connectivity index (χ1) is 13.5. The summed E-state index contributed by atoms with van der Waals surface area (Å²) < 4.78 is 8.57. The SMILES string of the molecule is COc1ccccc1CNCC(=O)Nc1c(C)n(C)n(-c2ccccc2)c1=O. The molecule has 0 radical (unpaired) electrons. The number of anilines is 1. The molecule has 146 valence electrons. The highest BCUT2D eigenvalue weighted by Gasteiger charge is 2.17. The van der Waals surface area contributed by atoms with E-state index in [4.69, 9.17) is 4.74 Å². The van der Waals surface area contributed by atoms with Crippen LogP contribution in [-0.2, 0) is 18.4 Å². The molecule has 2 N–H and O–H groups in total. The van der Waals surface area contributed by atoms with Crippen molar-refractivity contribution in [1.29, 1.82) is 0 Å². The van der Waals surface area contributed by atoms with Gasteiger partial charge in [0.05, 0.1) is 25.0 Å². The van der Waals surface area contributed by atoms with E-state index in [0.717, 1.165) is 17.0 Å². The van der Waals surface area contributed by atoms with Gasteiger partial charge in [0.15, 0.2) is 0 Å². The normalized spacial score (nSPS) is 10.7. The molecule has 3 aromatic rings. The molecule has 0 unspecified atom stereocenters. The Labute approximate surface area is 163 Å². The summed E-state index contributed by atoms with van der Waals surface area (Å²) in [7, 11) is 3.40. The Morgan fingerprint density at radius 3 is 2.46 bits per heavy atom. The molecule has 0 fully saturated rings. The van der Waals surface area contributed by atoms with Gasteiger partial charge < -0.3 is 15.4 Å². The molecular weight excluding hydrogens is 356 g/mol. The van der Waals surface area contributed by atoms with Gasteiger partial charge in [-0.25, -0.2) is 4.68 Å². The molecule has 2 aromatic carbocycles. The van der Waals surface area contributed by atoms with Crippen LogP contribution in [0.1, 0.15) is 11.3 Å². The summed E-state index contributed by atoms with van der Waals surface area (Å²) in [6.45, 7) is 2.37. The molecular formula is C21H24N4O3. The lowest BCUT2D eigenvalue weighted by molar-refractivity contribution is -0.115. The van der Waals surface area contributed by atoms with Crippen molar-refractivity contribution < 1.29 is 9.53 Å². The molecule has 0 aliphatic rings. The van der Waals surface area contributed by atoms with E-state index in [1.807, 2.05) is 54.6 Å². The zero-order chi connectivity index (χ0) is 20.1. The average Bonchev–Trinajstić information content (AvgIpc) is 2.92. The van der Waals surface area contributed by atoms with E-state index >= 15 is 0 Å². The number of hydrogen-bond acceptors (Lipinski definition) is 4. The molecule has 1 aromatic heterocycles. The van der Waals surface area contributed by atoms with Crippen LogP contribution in [0.3, 0.4) is 0 Å². The van der Waals surface area contributed by atoms with Crippen LogP contribution in [-0.4, -0.2) is 28.9 Å². The molecule has 7 nitrogen and oxygen atoms in total. The molecule has 1 amide bonds. The summed E-state index contributed by atoms with van der Waals surface area (Å²) >= 11 is 0. The van der Waals surface area contributed by atoms with Crippen molar-refractivity contribution in [3.63, 3.8) is 0 Å². The maximum Gasteiger partial charge on any atom is 0.295 e. The topological polar surface area (TPSA) is 77.3 Å². The van der Waals surface area contributed by atoms with Crippen molar-refractivity contribution in [2.75, 3.05) is 19.0 Å². The van der Waals surface area contributed by atoms with Crippen LogP contribution in [0.15, 0.2) is 59.4 Å². The third-order valence-electron chi connectivity index (χ3n) is 4.61. The minimum absolute atomic E-state index is 0.0805. The maximum absolute atomic E-state index is 12.8. The second-order valence-electron chi connectivity index (χ2n) is 6.40. The Kier molecular flexibility index (Phi) is 5.96. The smallest absolute Gasteiger partial charge is 0.295 e. The summed E-state index contributed by atoms with van der Waals surface area (Å²) in [4.78, 5) is 25.2. The second-order valence-corrected chi connectivity index (χ2v) is 6.40. The van der Waals surface area contributed by atoms with E-state index in [9.17, 15) is 9.59 Å². The predicted molar refractivity (Wildman–Crippen MR) is 109 cm³/mol. The van der Waals surface area contributed by atoms with Crippen LogP contribution in [0.2, 0.25) is 0 Å². The van der Waals surface area contributed by atoms with Crippen LogP contribution in [0, 0.1) is 6.92 Å². The van der Waals surface area contributed by atoms with Crippen LogP contribution in [0.25, 0.3) is 5.69 Å². The monoisotopic (exact) mass is 380 g/mol. The van der Waals surface area contributed by atoms with E-state index in [1.54, 1.807) is 25.8 Å². The van der Waals surface area contributed by atoms with Gasteiger partial charge >= 0.3 is 0 Å². The first kappa shape index (κ1) is 19.4. The summed E-state index contributed by atoms with van der Waals surface area (Å²) in [6, 6.07) is 16.9. The number of nitrogens with one attached hydrogen (secondary N) is 2. The number of benzene rings is 2. The fourth-order valence-corrected chi connectivity index (χ4v) is 3.06. The fourth-order valence-electron chi connectivity index (χ4n) is 3.06. The highest BCUT2D eigenvalue weighted by atomic mass is 16.5. The van der Waals surface area contributed by atoms with Gasteiger partial charge in [-0.3, -0.25) is 14.3 Å². The van der Waals surface area contributed by atoms with E-state index in [-0.39, 0.29) is 23.7 Å². The van der Waals surface area contributed by atoms with Crippen molar-refractivity contribution in [3.05, 3.63) is 76.2 Å². The quantitative estimate of drug-likeness (QED) is 0.659. The van der Waals surface area contributed by atoms with Crippen LogP contribution in [0.5, 0.6) is 5.75 Å². The Morgan fingerprint density at radius 2 is 1.75 bits per heavy atom. The van der Waals surface area contributed by atoms with Crippen molar-refractivity contribution >= 4 is 11.6 Å². The Morgan fingerprint density at radius 1 is 1.07 bits per heavy atom. The molecule has 0 aliphatic heterocycles. The third kappa shape index (κ3) is 3.99. The summed E-state index contributed by atoms with van der Waals surface area (Å²) in [5.74, 6) is 0.487. The summed E-state index contributed by atoms with van der Waals surface area (Å²) in [5.41, 5.74) is 2.42. The molecule has 0 spiro atoms. The largest absolute Gasteiger partial charge is 0.496 e. The van der Waals surface area contributed by atoms with Crippen molar-refractivity contribution in [1.82, 2.24) is 14.7 Å². The van der Waals surface area contributed by atoms with Crippen LogP contribution < -0.4 is 20.9 Å². The number of nitrogens with zero attached hydrogens (tertiary/aromatic N) is 2. The molecule has 0 saturated heterocycles. The van der Waals surface area contributed by atoms with Gasteiger partial charge in [-0.15, -0.1) is 0 Å². The highest BCUT2D eigenvalue weighted by molar-refractivity contribution is 5.92. The summed E-state index contributed by atoms with van der Waals surface area (Å²) in [6.07, 6.45) is 0. The molecule has 28 heavy (non-hydrogen) atoms. The molecule has 0 atom stereocenters. The van der Waals surface area contributed by atoms with Crippen molar-refractivity contribution in [3.8, 4) is 11.4 Å². The van der Waals surface area contributed by atoms with Crippen molar-refractivity contribution in [2.24, 2.45) is 7.05 Å². The molecule has 7 heteroatoms. The van der Waals surface area contributed by atoms with E-state index in [1.165, 1.54) is 4.68 Å². The lowest BCUT2D eigenvalue weighted by atomic mass is 10.2. The van der Waals surface area contributed by atoms with Crippen LogP contribution in [0.4, 0.5) is 5.69 Å². The van der Waals surface area contributed by atoms with E-state index < -0.39 is 0 Å². The van der Waals surface area contributed by atoms with E-state index in [2.05, 4.69) is 10.6 Å². The zero-order valence-electron chi connectivity index (χ0n) is 16.2. The highest BCUT2D eigenvalue weighted by Crippen LogP contribution is 2.17. The Balaban J connectivity index is 1.69. The number of carbonyl (C=O) groups excluding carboxylic acids is 1. The fraction of sp³-hybridized carbons (Fsp3) is 0.238. The zero-order valence-corrected chi connectivity index (χ0v) is 16.2. The van der Waals surface area contributed by atoms with Crippen molar-refractivity contribution in [2.45, 2.75) is 13.5 Å². The van der Waals surface area contributed by atoms with Gasteiger partial charge in [0, 0.05) is 19.2 Å². The molecule has 0 bridgehead atoms. The summed E-state index contributed by atoms with van der Waals surface area (Å²) in [5, 5.41) is 5.82. The number of para-hydroxylation sites is 2. The first-order valence-corrected chi connectivity index (χ1v) is 8.99. The lowest BCUT2D eigenvalue weighted by Gasteiger charge is -2.09. The van der Waals surface area contributed by atoms with Gasteiger partial charge in [-0.05, 0) is 25.1 Å². The second kappa shape index (κ2) is 8.58. The number of methoxy groups -OCH3 is 1. The minimum atomic E-state index is -0.277. The standard InChI is InChI=1S/C21H24N4O3/c1-15-20(21(27)25(24(15)2)17-10-5-4-6-11-17)23-19(26)14-22-13-16-9-7-8-12-18(16)28-3/h4-12,22H,13-14H2,1-3H3,(H,23,26). The lowest BCUT2D eigenvalue weighted by Crippen LogP contribution is -2.30. The van der Waals surface area contributed by atoms with Gasteiger partial charge in [-0.1, -0.05) is 36.4 Å². The maximum atomic E-state index is 12.8. The van der Waals surface area contributed by atoms with Crippen LogP contribution >= 0.6 is 0 Å². The number of carbonyl (C=O) groups is 1.